The SMILES string of the molecule is COc1cc([N+](=O)[O-])ccc1NC(=O)COC(=O)CCc1nc2ccccc2c(=O)[nH]1. The molecule has 0 saturated carbocycles. The lowest BCUT2D eigenvalue weighted by Gasteiger charge is -2.10. The van der Waals surface area contributed by atoms with Crippen LogP contribution < -0.4 is 15.6 Å². The number of esters is 1. The fourth-order valence-corrected chi connectivity index (χ4v) is 2.77. The molecule has 11 nitrogen and oxygen atoms in total. The number of carbonyl (C=O) groups is 2. The van der Waals surface area contributed by atoms with Crippen molar-refractivity contribution in [3.63, 3.8) is 0 Å². The number of aryl methyl sites for hydroxylation is 1. The minimum atomic E-state index is -0.651. The molecule has 0 bridgehead atoms. The number of benzene rings is 2. The standard InChI is InChI=1S/C20H18N4O7/c1-30-16-10-12(24(28)29)6-7-15(16)22-18(25)11-31-19(26)9-8-17-21-14-5-3-2-4-13(14)20(27)23-17/h2-7,10H,8-9,11H2,1H3,(H,22,25)(H,21,23,27). The zero-order valence-electron chi connectivity index (χ0n) is 16.4. The van der Waals surface area contributed by atoms with Gasteiger partial charge in [-0.1, -0.05) is 12.1 Å². The number of H-pyrrole nitrogens is 1. The monoisotopic (exact) mass is 426 g/mol. The van der Waals surface area contributed by atoms with Gasteiger partial charge < -0.3 is 19.8 Å². The van der Waals surface area contributed by atoms with E-state index in [1.807, 2.05) is 0 Å². The second-order valence-corrected chi connectivity index (χ2v) is 6.38. The minimum absolute atomic E-state index is 0.0879. The molecule has 0 aliphatic rings. The Kier molecular flexibility index (Phi) is 6.55. The number of nitro benzene ring substituents is 1. The number of fused-ring (bicyclic) bond motifs is 1. The molecule has 0 saturated heterocycles. The van der Waals surface area contributed by atoms with E-state index in [1.165, 1.54) is 25.3 Å². The molecule has 1 heterocycles. The van der Waals surface area contributed by atoms with Crippen LogP contribution in [0.5, 0.6) is 5.75 Å². The molecule has 0 aliphatic heterocycles. The number of rotatable bonds is 8. The van der Waals surface area contributed by atoms with Gasteiger partial charge in [-0.3, -0.25) is 24.5 Å². The van der Waals surface area contributed by atoms with Gasteiger partial charge in [-0.2, -0.15) is 0 Å². The largest absolute Gasteiger partial charge is 0.494 e. The number of nitrogens with zero attached hydrogens (tertiary/aromatic N) is 2. The van der Waals surface area contributed by atoms with Crippen LogP contribution >= 0.6 is 0 Å². The van der Waals surface area contributed by atoms with E-state index in [9.17, 15) is 24.5 Å². The van der Waals surface area contributed by atoms with Gasteiger partial charge in [0.05, 0.1) is 41.1 Å². The highest BCUT2D eigenvalue weighted by atomic mass is 16.6. The van der Waals surface area contributed by atoms with E-state index in [0.717, 1.165) is 0 Å². The number of hydrogen-bond donors (Lipinski definition) is 2. The van der Waals surface area contributed by atoms with Crippen LogP contribution in [-0.4, -0.2) is 40.5 Å². The van der Waals surface area contributed by atoms with Gasteiger partial charge in [-0.15, -0.1) is 0 Å². The number of amides is 1. The molecule has 0 radical (unpaired) electrons. The third kappa shape index (κ3) is 5.41. The number of aromatic amines is 1. The summed E-state index contributed by atoms with van der Waals surface area (Å²) in [6.45, 7) is -0.555. The number of methoxy groups -OCH3 is 1. The van der Waals surface area contributed by atoms with E-state index < -0.39 is 23.4 Å². The highest BCUT2D eigenvalue weighted by Gasteiger charge is 2.15. The molecule has 0 aliphatic carbocycles. The first kappa shape index (κ1) is 21.4. The summed E-state index contributed by atoms with van der Waals surface area (Å²) in [5, 5.41) is 13.7. The van der Waals surface area contributed by atoms with Crippen molar-refractivity contribution in [1.82, 2.24) is 9.97 Å². The quantitative estimate of drug-likeness (QED) is 0.315. The Morgan fingerprint density at radius 2 is 2.00 bits per heavy atom. The van der Waals surface area contributed by atoms with Gasteiger partial charge >= 0.3 is 5.97 Å². The first-order chi connectivity index (χ1) is 14.9. The van der Waals surface area contributed by atoms with Gasteiger partial charge in [0, 0.05) is 12.5 Å². The van der Waals surface area contributed by atoms with E-state index in [4.69, 9.17) is 9.47 Å². The number of non-ortho nitro benzene ring substituents is 1. The maximum atomic E-state index is 12.0. The first-order valence-corrected chi connectivity index (χ1v) is 9.13. The second kappa shape index (κ2) is 9.48. The van der Waals surface area contributed by atoms with Crippen molar-refractivity contribution in [3.05, 3.63) is 68.8 Å². The molecule has 0 fully saturated rings. The Morgan fingerprint density at radius 3 is 2.74 bits per heavy atom. The van der Waals surface area contributed by atoms with Gasteiger partial charge in [0.1, 0.15) is 11.6 Å². The molecule has 3 aromatic rings. The van der Waals surface area contributed by atoms with Crippen molar-refractivity contribution in [1.29, 1.82) is 0 Å². The number of ether oxygens (including phenoxy) is 2. The fraction of sp³-hybridized carbons (Fsp3) is 0.200. The number of nitro groups is 1. The van der Waals surface area contributed by atoms with E-state index >= 15 is 0 Å². The van der Waals surface area contributed by atoms with Gasteiger partial charge in [-0.25, -0.2) is 4.98 Å². The molecule has 1 amide bonds. The van der Waals surface area contributed by atoms with Crippen LogP contribution in [0.25, 0.3) is 10.9 Å². The minimum Gasteiger partial charge on any atom is -0.494 e. The number of para-hydroxylation sites is 1. The van der Waals surface area contributed by atoms with E-state index in [1.54, 1.807) is 24.3 Å². The number of anilines is 1. The van der Waals surface area contributed by atoms with Crippen molar-refractivity contribution in [3.8, 4) is 5.75 Å². The number of nitrogens with one attached hydrogen (secondary N) is 2. The van der Waals surface area contributed by atoms with Crippen molar-refractivity contribution in [2.24, 2.45) is 0 Å². The van der Waals surface area contributed by atoms with Crippen LogP contribution in [0.4, 0.5) is 11.4 Å². The van der Waals surface area contributed by atoms with Crippen LogP contribution in [0.2, 0.25) is 0 Å². The lowest BCUT2D eigenvalue weighted by molar-refractivity contribution is -0.384. The van der Waals surface area contributed by atoms with Crippen molar-refractivity contribution < 1.29 is 24.0 Å². The lowest BCUT2D eigenvalue weighted by Crippen LogP contribution is -2.21. The van der Waals surface area contributed by atoms with Gasteiger partial charge in [0.15, 0.2) is 6.61 Å². The predicted molar refractivity (Wildman–Crippen MR) is 110 cm³/mol. The van der Waals surface area contributed by atoms with E-state index in [0.29, 0.717) is 16.7 Å². The molecule has 2 N–H and O–H groups in total. The Morgan fingerprint density at radius 1 is 1.23 bits per heavy atom. The Balaban J connectivity index is 1.52. The normalized spacial score (nSPS) is 10.5. The van der Waals surface area contributed by atoms with Gasteiger partial charge in [0.25, 0.3) is 17.2 Å². The molecule has 1 aromatic heterocycles. The highest BCUT2D eigenvalue weighted by Crippen LogP contribution is 2.28. The first-order valence-electron chi connectivity index (χ1n) is 9.13. The van der Waals surface area contributed by atoms with E-state index in [-0.39, 0.29) is 35.5 Å². The number of carbonyl (C=O) groups excluding carboxylic acids is 2. The Labute approximate surface area is 175 Å². The summed E-state index contributed by atoms with van der Waals surface area (Å²) >= 11 is 0. The van der Waals surface area contributed by atoms with Gasteiger partial charge in [0.2, 0.25) is 0 Å². The maximum absolute atomic E-state index is 12.0. The zero-order valence-corrected chi connectivity index (χ0v) is 16.4. The smallest absolute Gasteiger partial charge is 0.306 e. The average Bonchev–Trinajstić information content (AvgIpc) is 2.76. The number of hydrogen-bond acceptors (Lipinski definition) is 8. The molecule has 160 valence electrons. The molecule has 31 heavy (non-hydrogen) atoms. The Bertz CT molecular complexity index is 1210. The highest BCUT2D eigenvalue weighted by molar-refractivity contribution is 5.94. The summed E-state index contributed by atoms with van der Waals surface area (Å²) in [5.41, 5.74) is 0.227. The zero-order chi connectivity index (χ0) is 22.4. The van der Waals surface area contributed by atoms with Crippen LogP contribution in [0.15, 0.2) is 47.3 Å². The van der Waals surface area contributed by atoms with Crippen LogP contribution in [0.1, 0.15) is 12.2 Å². The van der Waals surface area contributed by atoms with Crippen LogP contribution in [0, 0.1) is 10.1 Å². The second-order valence-electron chi connectivity index (χ2n) is 6.38. The number of aromatic nitrogens is 2. The summed E-state index contributed by atoms with van der Waals surface area (Å²) in [6, 6.07) is 10.5. The summed E-state index contributed by atoms with van der Waals surface area (Å²) in [4.78, 5) is 53.1. The third-order valence-electron chi connectivity index (χ3n) is 4.26. The maximum Gasteiger partial charge on any atom is 0.306 e. The topological polar surface area (TPSA) is 154 Å². The van der Waals surface area contributed by atoms with Crippen LogP contribution in [0.3, 0.4) is 0 Å². The van der Waals surface area contributed by atoms with Crippen molar-refractivity contribution >= 4 is 34.2 Å². The predicted octanol–water partition coefficient (Wildman–Crippen LogP) is 1.95. The Hall–Kier alpha value is -4.28. The molecule has 11 heteroatoms. The van der Waals surface area contributed by atoms with Gasteiger partial charge in [-0.05, 0) is 18.2 Å². The summed E-state index contributed by atoms with van der Waals surface area (Å²) in [6.07, 6.45) is 0.0477. The van der Waals surface area contributed by atoms with Crippen molar-refractivity contribution in [2.45, 2.75) is 12.8 Å². The summed E-state index contributed by atoms with van der Waals surface area (Å²) in [5.74, 6) is -0.861. The molecular formula is C20H18N4O7. The third-order valence-corrected chi connectivity index (χ3v) is 4.26. The summed E-state index contributed by atoms with van der Waals surface area (Å²) in [7, 11) is 1.31. The molecule has 0 atom stereocenters. The molecule has 3 rings (SSSR count). The molecular weight excluding hydrogens is 408 g/mol. The molecule has 2 aromatic carbocycles. The fourth-order valence-electron chi connectivity index (χ4n) is 2.77. The lowest BCUT2D eigenvalue weighted by atomic mass is 10.2. The summed E-state index contributed by atoms with van der Waals surface area (Å²) < 4.78 is 9.96. The molecule has 0 unspecified atom stereocenters. The van der Waals surface area contributed by atoms with Crippen LogP contribution in [-0.2, 0) is 20.7 Å². The van der Waals surface area contributed by atoms with Crippen molar-refractivity contribution in [2.75, 3.05) is 19.0 Å². The average molecular weight is 426 g/mol. The van der Waals surface area contributed by atoms with E-state index in [2.05, 4.69) is 15.3 Å². The molecule has 0 spiro atoms.